The molecule has 1 aliphatic rings. The Morgan fingerprint density at radius 3 is 2.50 bits per heavy atom. The van der Waals surface area contributed by atoms with Crippen LogP contribution in [0.25, 0.3) is 0 Å². The van der Waals surface area contributed by atoms with Gasteiger partial charge in [0.2, 0.25) is 5.91 Å². The summed E-state index contributed by atoms with van der Waals surface area (Å²) in [6.45, 7) is 1.75. The van der Waals surface area contributed by atoms with E-state index in [4.69, 9.17) is 9.47 Å². The summed E-state index contributed by atoms with van der Waals surface area (Å²) in [5.74, 6) is 1.00. The average Bonchev–Trinajstić information content (AvgIpc) is 3.24. The maximum Gasteiger partial charge on any atom is 0.262 e. The first-order chi connectivity index (χ1) is 14.5. The van der Waals surface area contributed by atoms with Gasteiger partial charge in [-0.3, -0.25) is 9.59 Å². The first-order valence-electron chi connectivity index (χ1n) is 9.89. The van der Waals surface area contributed by atoms with Crippen molar-refractivity contribution in [3.63, 3.8) is 0 Å². The van der Waals surface area contributed by atoms with E-state index in [0.29, 0.717) is 24.3 Å². The molecule has 0 unspecified atom stereocenters. The molecule has 30 heavy (non-hydrogen) atoms. The number of hydrogen-bond donors (Lipinski definition) is 0. The highest BCUT2D eigenvalue weighted by molar-refractivity contribution is 6.05. The molecule has 0 spiro atoms. The second-order valence-electron chi connectivity index (χ2n) is 7.09. The van der Waals surface area contributed by atoms with Crippen LogP contribution in [0.5, 0.6) is 11.5 Å². The van der Waals surface area contributed by atoms with Gasteiger partial charge in [-0.15, -0.1) is 0 Å². The molecule has 7 nitrogen and oxygen atoms in total. The highest BCUT2D eigenvalue weighted by Crippen LogP contribution is 2.36. The van der Waals surface area contributed by atoms with E-state index in [0.717, 1.165) is 16.8 Å². The number of benzene rings is 2. The van der Waals surface area contributed by atoms with Crippen LogP contribution in [0.2, 0.25) is 0 Å². The van der Waals surface area contributed by atoms with E-state index in [2.05, 4.69) is 5.10 Å². The number of likely N-dealkylation sites (N-methyl/N-ethyl adjacent to an activating group) is 1. The number of carbonyl (C=O) groups is 2. The van der Waals surface area contributed by atoms with Gasteiger partial charge in [0.1, 0.15) is 18.0 Å². The van der Waals surface area contributed by atoms with Gasteiger partial charge in [0.15, 0.2) is 0 Å². The summed E-state index contributed by atoms with van der Waals surface area (Å²) in [6.07, 6.45) is 0.896. The Morgan fingerprint density at radius 2 is 1.87 bits per heavy atom. The highest BCUT2D eigenvalue weighted by Gasteiger charge is 2.34. The highest BCUT2D eigenvalue weighted by atomic mass is 16.5. The fourth-order valence-corrected chi connectivity index (χ4v) is 3.51. The summed E-state index contributed by atoms with van der Waals surface area (Å²) >= 11 is 0. The lowest BCUT2D eigenvalue weighted by atomic mass is 9.98. The molecule has 1 heterocycles. The minimum absolute atomic E-state index is 0.0213. The lowest BCUT2D eigenvalue weighted by molar-refractivity contribution is -0.140. The van der Waals surface area contributed by atoms with E-state index in [-0.39, 0.29) is 24.4 Å². The van der Waals surface area contributed by atoms with E-state index >= 15 is 0 Å². The fraction of sp³-hybridized carbons (Fsp3) is 0.348. The molecule has 0 aromatic heterocycles. The van der Waals surface area contributed by atoms with Crippen LogP contribution in [0.4, 0.5) is 0 Å². The van der Waals surface area contributed by atoms with E-state index in [9.17, 15) is 9.59 Å². The summed E-state index contributed by atoms with van der Waals surface area (Å²) < 4.78 is 10.8. The molecule has 158 valence electrons. The maximum absolute atomic E-state index is 13.1. The molecular weight excluding hydrogens is 382 g/mol. The lowest BCUT2D eigenvalue weighted by Gasteiger charge is -2.24. The van der Waals surface area contributed by atoms with Gasteiger partial charge in [0.25, 0.3) is 5.91 Å². The van der Waals surface area contributed by atoms with Crippen molar-refractivity contribution in [1.82, 2.24) is 9.91 Å². The number of hydrazone groups is 1. The molecule has 0 fully saturated rings. The Morgan fingerprint density at radius 1 is 1.13 bits per heavy atom. The van der Waals surface area contributed by atoms with Crippen LogP contribution in [0, 0.1) is 0 Å². The number of hydrogen-bond acceptors (Lipinski definition) is 5. The van der Waals surface area contributed by atoms with Crippen LogP contribution in [0.3, 0.4) is 0 Å². The van der Waals surface area contributed by atoms with Crippen molar-refractivity contribution < 1.29 is 19.1 Å². The minimum Gasteiger partial charge on any atom is -0.497 e. The maximum atomic E-state index is 13.1. The van der Waals surface area contributed by atoms with E-state index in [1.807, 2.05) is 42.5 Å². The molecule has 7 heteroatoms. The van der Waals surface area contributed by atoms with Crippen LogP contribution >= 0.6 is 0 Å². The third kappa shape index (κ3) is 4.45. The topological polar surface area (TPSA) is 71.4 Å². The smallest absolute Gasteiger partial charge is 0.262 e. The van der Waals surface area contributed by atoms with Gasteiger partial charge in [-0.1, -0.05) is 37.3 Å². The predicted molar refractivity (Wildman–Crippen MR) is 115 cm³/mol. The molecule has 0 bridgehead atoms. The quantitative estimate of drug-likeness (QED) is 0.704. The second-order valence-corrected chi connectivity index (χ2v) is 7.09. The molecule has 0 saturated heterocycles. The Bertz CT molecular complexity index is 943. The van der Waals surface area contributed by atoms with Crippen LogP contribution in [0.15, 0.2) is 53.6 Å². The number of nitrogens with zero attached hydrogens (tertiary/aromatic N) is 3. The Balaban J connectivity index is 1.95. The number of rotatable bonds is 7. The SMILES string of the molecule is CCC(=O)N(C)CC(=O)N1N=C(c2ccc(OC)cc2OC)C[C@@H]1c1ccccc1. The summed E-state index contributed by atoms with van der Waals surface area (Å²) in [6, 6.07) is 15.1. The van der Waals surface area contributed by atoms with Gasteiger partial charge in [0.05, 0.1) is 26.0 Å². The molecular formula is C23H27N3O4. The van der Waals surface area contributed by atoms with Crippen molar-refractivity contribution in [2.45, 2.75) is 25.8 Å². The van der Waals surface area contributed by atoms with Crippen molar-refractivity contribution in [2.24, 2.45) is 5.10 Å². The van der Waals surface area contributed by atoms with Crippen molar-refractivity contribution >= 4 is 17.5 Å². The lowest BCUT2D eigenvalue weighted by Crippen LogP contribution is -2.38. The molecule has 1 aliphatic heterocycles. The van der Waals surface area contributed by atoms with Gasteiger partial charge < -0.3 is 14.4 Å². The molecule has 0 aliphatic carbocycles. The van der Waals surface area contributed by atoms with Crippen molar-refractivity contribution in [2.75, 3.05) is 27.8 Å². The Labute approximate surface area is 176 Å². The largest absolute Gasteiger partial charge is 0.497 e. The van der Waals surface area contributed by atoms with Gasteiger partial charge in [-0.2, -0.15) is 5.10 Å². The molecule has 1 atom stereocenters. The van der Waals surface area contributed by atoms with Crippen molar-refractivity contribution in [3.05, 3.63) is 59.7 Å². The first kappa shape index (κ1) is 21.4. The third-order valence-electron chi connectivity index (χ3n) is 5.17. The number of ether oxygens (including phenoxy) is 2. The van der Waals surface area contributed by atoms with Crippen molar-refractivity contribution in [3.8, 4) is 11.5 Å². The van der Waals surface area contributed by atoms with E-state index < -0.39 is 0 Å². The first-order valence-corrected chi connectivity index (χ1v) is 9.89. The zero-order valence-corrected chi connectivity index (χ0v) is 17.8. The van der Waals surface area contributed by atoms with E-state index in [1.54, 1.807) is 34.3 Å². The van der Waals surface area contributed by atoms with Crippen LogP contribution in [-0.2, 0) is 9.59 Å². The number of methoxy groups -OCH3 is 2. The molecule has 0 radical (unpaired) electrons. The molecule has 2 amide bonds. The average molecular weight is 409 g/mol. The van der Waals surface area contributed by atoms with Gasteiger partial charge >= 0.3 is 0 Å². The van der Waals surface area contributed by atoms with Crippen LogP contribution < -0.4 is 9.47 Å². The molecule has 3 rings (SSSR count). The normalized spacial score (nSPS) is 15.5. The van der Waals surface area contributed by atoms with Gasteiger partial charge in [-0.25, -0.2) is 5.01 Å². The molecule has 0 N–H and O–H groups in total. The predicted octanol–water partition coefficient (Wildman–Crippen LogP) is 3.25. The third-order valence-corrected chi connectivity index (χ3v) is 5.17. The minimum atomic E-state index is -0.245. The number of amides is 2. The number of carbonyl (C=O) groups excluding carboxylic acids is 2. The van der Waals surface area contributed by atoms with E-state index in [1.165, 1.54) is 9.91 Å². The van der Waals surface area contributed by atoms with Crippen molar-refractivity contribution in [1.29, 1.82) is 0 Å². The zero-order valence-electron chi connectivity index (χ0n) is 17.8. The molecule has 2 aromatic rings. The fourth-order valence-electron chi connectivity index (χ4n) is 3.51. The molecule has 2 aromatic carbocycles. The van der Waals surface area contributed by atoms with Gasteiger partial charge in [0, 0.05) is 31.5 Å². The zero-order chi connectivity index (χ0) is 21.7. The Hall–Kier alpha value is -3.35. The van der Waals surface area contributed by atoms with Crippen LogP contribution in [-0.4, -0.2) is 55.2 Å². The Kier molecular flexibility index (Phi) is 6.72. The summed E-state index contributed by atoms with van der Waals surface area (Å²) in [4.78, 5) is 26.4. The monoisotopic (exact) mass is 409 g/mol. The standard InChI is InChI=1S/C23H27N3O4/c1-5-22(27)25(2)15-23(28)26-20(16-9-7-6-8-10-16)14-19(24-26)18-12-11-17(29-3)13-21(18)30-4/h6-13,20H,5,14-15H2,1-4H3/t20-/m1/s1. The van der Waals surface area contributed by atoms with Gasteiger partial charge in [-0.05, 0) is 17.7 Å². The summed E-state index contributed by atoms with van der Waals surface area (Å²) in [5, 5.41) is 6.15. The summed E-state index contributed by atoms with van der Waals surface area (Å²) in [5.41, 5.74) is 2.55. The summed E-state index contributed by atoms with van der Waals surface area (Å²) in [7, 11) is 4.83. The molecule has 0 saturated carbocycles. The van der Waals surface area contributed by atoms with Crippen LogP contribution in [0.1, 0.15) is 36.9 Å². The second kappa shape index (κ2) is 9.43.